The monoisotopic (exact) mass is 403 g/mol. The molecule has 0 unspecified atom stereocenters. The molecule has 5 heteroatoms. The molecule has 2 aromatic carbocycles. The molecule has 3 aromatic rings. The molecule has 30 heavy (non-hydrogen) atoms. The number of rotatable bonds is 8. The average Bonchev–Trinajstić information content (AvgIpc) is 3.15. The van der Waals surface area contributed by atoms with Crippen molar-refractivity contribution >= 4 is 23.0 Å². The summed E-state index contributed by atoms with van der Waals surface area (Å²) < 4.78 is 5.71. The van der Waals surface area contributed by atoms with Crippen LogP contribution in [0.2, 0.25) is 0 Å². The van der Waals surface area contributed by atoms with Gasteiger partial charge in [0.1, 0.15) is 5.75 Å². The number of aromatic nitrogens is 1. The Balaban J connectivity index is 1.35. The number of aryl methyl sites for hydroxylation is 2. The molecule has 0 radical (unpaired) electrons. The zero-order valence-electron chi connectivity index (χ0n) is 17.5. The van der Waals surface area contributed by atoms with E-state index in [0.29, 0.717) is 5.56 Å². The molecule has 0 saturated carbocycles. The fraction of sp³-hybridized carbons (Fsp3) is 0.360. The maximum absolute atomic E-state index is 12.5. The fourth-order valence-electron chi connectivity index (χ4n) is 3.97. The lowest BCUT2D eigenvalue weighted by Crippen LogP contribution is -2.17. The van der Waals surface area contributed by atoms with Crippen molar-refractivity contribution in [3.8, 4) is 5.75 Å². The van der Waals surface area contributed by atoms with E-state index in [2.05, 4.69) is 22.4 Å². The molecule has 5 nitrogen and oxygen atoms in total. The van der Waals surface area contributed by atoms with Gasteiger partial charge in [0.15, 0.2) is 0 Å². The van der Waals surface area contributed by atoms with Crippen LogP contribution in [0.1, 0.15) is 66.2 Å². The highest BCUT2D eigenvalue weighted by Crippen LogP contribution is 2.29. The van der Waals surface area contributed by atoms with Crippen LogP contribution in [0.25, 0.3) is 10.9 Å². The molecule has 0 fully saturated rings. The minimum atomic E-state index is -0.199. The van der Waals surface area contributed by atoms with Crippen LogP contribution < -0.4 is 10.2 Å². The molecule has 0 bridgehead atoms. The van der Waals surface area contributed by atoms with Crippen molar-refractivity contribution in [1.82, 2.24) is 10.4 Å². The first kappa shape index (κ1) is 20.2. The highest BCUT2D eigenvalue weighted by Gasteiger charge is 2.16. The highest BCUT2D eigenvalue weighted by molar-refractivity contribution is 5.99. The fourth-order valence-corrected chi connectivity index (χ4v) is 3.97. The number of ether oxygens (including phenoxy) is 1. The molecule has 0 atom stereocenters. The van der Waals surface area contributed by atoms with Gasteiger partial charge in [-0.1, -0.05) is 19.8 Å². The highest BCUT2D eigenvalue weighted by atomic mass is 16.5. The standard InChI is InChI=1S/C25H29N3O2/c1-2-3-6-15-30-20-12-9-18(10-13-20)17-26-28-25(29)19-11-14-24-22(16-19)21-7-4-5-8-23(21)27-24/h9-14,16-17,27H,2-8,15H2,1H3,(H,28,29)/b26-17-. The Hall–Kier alpha value is -3.08. The number of fused-ring (bicyclic) bond motifs is 3. The lowest BCUT2D eigenvalue weighted by atomic mass is 9.95. The quantitative estimate of drug-likeness (QED) is 0.301. The summed E-state index contributed by atoms with van der Waals surface area (Å²) in [5, 5.41) is 5.28. The smallest absolute Gasteiger partial charge is 0.271 e. The molecular weight excluding hydrogens is 374 g/mol. The number of hydrogen-bond donors (Lipinski definition) is 2. The van der Waals surface area contributed by atoms with E-state index in [0.717, 1.165) is 48.1 Å². The number of benzene rings is 2. The average molecular weight is 404 g/mol. The summed E-state index contributed by atoms with van der Waals surface area (Å²) in [6.45, 7) is 2.92. The molecule has 156 valence electrons. The summed E-state index contributed by atoms with van der Waals surface area (Å²) in [6, 6.07) is 13.5. The zero-order chi connectivity index (χ0) is 20.8. The van der Waals surface area contributed by atoms with Crippen molar-refractivity contribution in [3.63, 3.8) is 0 Å². The SMILES string of the molecule is CCCCCOc1ccc(/C=N\NC(=O)c2ccc3[nH]c4c(c3c2)CCCC4)cc1. The van der Waals surface area contributed by atoms with Gasteiger partial charge in [-0.3, -0.25) is 4.79 Å². The van der Waals surface area contributed by atoms with E-state index < -0.39 is 0 Å². The molecule has 2 N–H and O–H groups in total. The first-order valence-electron chi connectivity index (χ1n) is 10.9. The van der Waals surface area contributed by atoms with Gasteiger partial charge in [-0.2, -0.15) is 5.10 Å². The Morgan fingerprint density at radius 2 is 1.97 bits per heavy atom. The Morgan fingerprint density at radius 3 is 2.80 bits per heavy atom. The number of amides is 1. The van der Waals surface area contributed by atoms with Gasteiger partial charge < -0.3 is 9.72 Å². The second kappa shape index (κ2) is 9.61. The van der Waals surface area contributed by atoms with Crippen LogP contribution in [0, 0.1) is 0 Å². The van der Waals surface area contributed by atoms with Gasteiger partial charge in [-0.15, -0.1) is 0 Å². The lowest BCUT2D eigenvalue weighted by molar-refractivity contribution is 0.0955. The molecule has 0 spiro atoms. The molecule has 1 amide bonds. The van der Waals surface area contributed by atoms with Gasteiger partial charge in [0, 0.05) is 22.2 Å². The molecular formula is C25H29N3O2. The number of unbranched alkanes of at least 4 members (excludes halogenated alkanes) is 2. The maximum Gasteiger partial charge on any atom is 0.271 e. The third-order valence-corrected chi connectivity index (χ3v) is 5.64. The molecule has 1 aliphatic rings. The largest absolute Gasteiger partial charge is 0.494 e. The summed E-state index contributed by atoms with van der Waals surface area (Å²) in [6.07, 6.45) is 9.71. The summed E-state index contributed by atoms with van der Waals surface area (Å²) in [5.74, 6) is 0.658. The first-order valence-corrected chi connectivity index (χ1v) is 10.9. The molecule has 1 aromatic heterocycles. The van der Waals surface area contributed by atoms with Crippen molar-refractivity contribution in [2.24, 2.45) is 5.10 Å². The molecule has 1 aliphatic carbocycles. The molecule has 4 rings (SSSR count). The normalized spacial score (nSPS) is 13.5. The van der Waals surface area contributed by atoms with Gasteiger partial charge in [0.2, 0.25) is 0 Å². The Labute approximate surface area is 177 Å². The summed E-state index contributed by atoms with van der Waals surface area (Å²) >= 11 is 0. The number of hydrazone groups is 1. The number of nitrogens with zero attached hydrogens (tertiary/aromatic N) is 1. The van der Waals surface area contributed by atoms with Crippen molar-refractivity contribution in [2.45, 2.75) is 51.9 Å². The van der Waals surface area contributed by atoms with Crippen molar-refractivity contribution in [1.29, 1.82) is 0 Å². The maximum atomic E-state index is 12.5. The Bertz CT molecular complexity index is 1030. The van der Waals surface area contributed by atoms with E-state index in [1.807, 2.05) is 42.5 Å². The van der Waals surface area contributed by atoms with E-state index in [1.54, 1.807) is 6.21 Å². The number of hydrogen-bond acceptors (Lipinski definition) is 3. The van der Waals surface area contributed by atoms with Crippen molar-refractivity contribution < 1.29 is 9.53 Å². The molecule has 0 saturated heterocycles. The van der Waals surface area contributed by atoms with Crippen LogP contribution in [0.3, 0.4) is 0 Å². The predicted molar refractivity (Wildman–Crippen MR) is 121 cm³/mol. The van der Waals surface area contributed by atoms with Crippen LogP contribution in [0.5, 0.6) is 5.75 Å². The van der Waals surface area contributed by atoms with E-state index >= 15 is 0 Å². The predicted octanol–water partition coefficient (Wildman–Crippen LogP) is 5.38. The number of carbonyl (C=O) groups excluding carboxylic acids is 1. The van der Waals surface area contributed by atoms with Crippen LogP contribution in [-0.4, -0.2) is 23.7 Å². The topological polar surface area (TPSA) is 66.5 Å². The Morgan fingerprint density at radius 1 is 1.13 bits per heavy atom. The minimum absolute atomic E-state index is 0.199. The first-order chi connectivity index (χ1) is 14.7. The van der Waals surface area contributed by atoms with E-state index in [1.165, 1.54) is 36.9 Å². The van der Waals surface area contributed by atoms with Gasteiger partial charge in [0.05, 0.1) is 12.8 Å². The minimum Gasteiger partial charge on any atom is -0.494 e. The van der Waals surface area contributed by atoms with E-state index in [9.17, 15) is 4.79 Å². The van der Waals surface area contributed by atoms with Gasteiger partial charge in [-0.05, 0) is 85.7 Å². The van der Waals surface area contributed by atoms with E-state index in [4.69, 9.17) is 4.74 Å². The van der Waals surface area contributed by atoms with Crippen LogP contribution in [0.15, 0.2) is 47.6 Å². The molecule has 0 aliphatic heterocycles. The number of carbonyl (C=O) groups is 1. The van der Waals surface area contributed by atoms with Gasteiger partial charge >= 0.3 is 0 Å². The summed E-state index contributed by atoms with van der Waals surface area (Å²) in [4.78, 5) is 16.0. The van der Waals surface area contributed by atoms with E-state index in [-0.39, 0.29) is 5.91 Å². The summed E-state index contributed by atoms with van der Waals surface area (Å²) in [5.41, 5.74) is 7.97. The second-order valence-corrected chi connectivity index (χ2v) is 7.87. The van der Waals surface area contributed by atoms with Gasteiger partial charge in [-0.25, -0.2) is 5.43 Å². The van der Waals surface area contributed by atoms with Crippen molar-refractivity contribution in [3.05, 3.63) is 64.8 Å². The van der Waals surface area contributed by atoms with Gasteiger partial charge in [0.25, 0.3) is 5.91 Å². The Kier molecular flexibility index (Phi) is 6.47. The third kappa shape index (κ3) is 4.73. The van der Waals surface area contributed by atoms with Crippen LogP contribution in [-0.2, 0) is 12.8 Å². The number of H-pyrrole nitrogens is 1. The van der Waals surface area contributed by atoms with Crippen LogP contribution >= 0.6 is 0 Å². The van der Waals surface area contributed by atoms with Crippen LogP contribution in [0.4, 0.5) is 0 Å². The molecule has 1 heterocycles. The number of nitrogens with one attached hydrogen (secondary N) is 2. The number of aromatic amines is 1. The third-order valence-electron chi connectivity index (χ3n) is 5.64. The second-order valence-electron chi connectivity index (χ2n) is 7.87. The summed E-state index contributed by atoms with van der Waals surface area (Å²) in [7, 11) is 0. The lowest BCUT2D eigenvalue weighted by Gasteiger charge is -2.10. The van der Waals surface area contributed by atoms with Crippen molar-refractivity contribution in [2.75, 3.05) is 6.61 Å². The zero-order valence-corrected chi connectivity index (χ0v) is 17.5.